The van der Waals surface area contributed by atoms with Gasteiger partial charge in [0.2, 0.25) is 5.91 Å². The number of carbonyl (C=O) groups excluding carboxylic acids is 1. The van der Waals surface area contributed by atoms with Crippen molar-refractivity contribution in [2.45, 2.75) is 39.7 Å². The summed E-state index contributed by atoms with van der Waals surface area (Å²) < 4.78 is 0. The van der Waals surface area contributed by atoms with Crippen LogP contribution in [0.15, 0.2) is 24.3 Å². The largest absolute Gasteiger partial charge is 0.480 e. The zero-order chi connectivity index (χ0) is 14.4. The van der Waals surface area contributed by atoms with E-state index in [2.05, 4.69) is 5.32 Å². The van der Waals surface area contributed by atoms with E-state index in [-0.39, 0.29) is 18.2 Å². The minimum absolute atomic E-state index is 0.217. The number of benzene rings is 1. The third-order valence-electron chi connectivity index (χ3n) is 2.95. The molecule has 1 rings (SSSR count). The molecule has 0 heterocycles. The zero-order valence-corrected chi connectivity index (χ0v) is 11.6. The fourth-order valence-corrected chi connectivity index (χ4v) is 1.92. The molecule has 19 heavy (non-hydrogen) atoms. The normalized spacial score (nSPS) is 12.2. The third kappa shape index (κ3) is 5.12. The lowest BCUT2D eigenvalue weighted by molar-refractivity contribution is -0.142. The Morgan fingerprint density at radius 1 is 1.26 bits per heavy atom. The highest BCUT2D eigenvalue weighted by Crippen LogP contribution is 2.09. The second kappa shape index (κ2) is 6.92. The minimum Gasteiger partial charge on any atom is -0.480 e. The van der Waals surface area contributed by atoms with E-state index in [4.69, 9.17) is 5.11 Å². The number of hydrogen-bond donors (Lipinski definition) is 2. The van der Waals surface area contributed by atoms with E-state index in [1.165, 1.54) is 0 Å². The molecule has 104 valence electrons. The number of aryl methyl sites for hydroxylation is 1. The number of aliphatic carboxylic acids is 1. The molecular formula is C15H21NO3. The summed E-state index contributed by atoms with van der Waals surface area (Å²) in [5, 5.41) is 11.7. The van der Waals surface area contributed by atoms with Crippen LogP contribution in [0, 0.1) is 12.8 Å². The molecular weight excluding hydrogens is 242 g/mol. The molecule has 2 N–H and O–H groups in total. The summed E-state index contributed by atoms with van der Waals surface area (Å²) in [5.41, 5.74) is 1.96. The lowest BCUT2D eigenvalue weighted by Crippen LogP contribution is -2.42. The molecule has 0 saturated carbocycles. The van der Waals surface area contributed by atoms with Gasteiger partial charge in [0.05, 0.1) is 6.42 Å². The van der Waals surface area contributed by atoms with Crippen LogP contribution in [0.2, 0.25) is 0 Å². The van der Waals surface area contributed by atoms with Crippen molar-refractivity contribution in [3.63, 3.8) is 0 Å². The molecule has 0 aromatic heterocycles. The summed E-state index contributed by atoms with van der Waals surface area (Å²) in [5.74, 6) is -1.01. The Balaban J connectivity index is 2.63. The number of carboxylic acid groups (broad SMARTS) is 1. The maximum absolute atomic E-state index is 11.9. The molecule has 0 aliphatic heterocycles. The highest BCUT2D eigenvalue weighted by Gasteiger charge is 2.21. The average Bonchev–Trinajstić information content (AvgIpc) is 2.30. The van der Waals surface area contributed by atoms with E-state index in [0.29, 0.717) is 6.42 Å². The molecule has 0 spiro atoms. The number of carboxylic acids is 1. The maximum Gasteiger partial charge on any atom is 0.326 e. The van der Waals surface area contributed by atoms with E-state index in [1.54, 1.807) is 0 Å². The molecule has 4 nitrogen and oxygen atoms in total. The van der Waals surface area contributed by atoms with Crippen molar-refractivity contribution in [1.82, 2.24) is 5.32 Å². The Hall–Kier alpha value is -1.84. The fraction of sp³-hybridized carbons (Fsp3) is 0.467. The first-order valence-corrected chi connectivity index (χ1v) is 6.46. The van der Waals surface area contributed by atoms with Crippen molar-refractivity contribution < 1.29 is 14.7 Å². The van der Waals surface area contributed by atoms with Gasteiger partial charge in [-0.1, -0.05) is 38.1 Å². The van der Waals surface area contributed by atoms with Gasteiger partial charge in [-0.05, 0) is 30.4 Å². The van der Waals surface area contributed by atoms with Crippen LogP contribution < -0.4 is 5.32 Å². The summed E-state index contributed by atoms with van der Waals surface area (Å²) in [4.78, 5) is 23.0. The molecule has 4 heteroatoms. The second-order valence-electron chi connectivity index (χ2n) is 5.19. The quantitative estimate of drug-likeness (QED) is 0.826. The average molecular weight is 263 g/mol. The van der Waals surface area contributed by atoms with Gasteiger partial charge in [0.25, 0.3) is 0 Å². The summed E-state index contributed by atoms with van der Waals surface area (Å²) in [6, 6.07) is 6.79. The van der Waals surface area contributed by atoms with Gasteiger partial charge in [-0.15, -0.1) is 0 Å². The topological polar surface area (TPSA) is 66.4 Å². The highest BCUT2D eigenvalue weighted by atomic mass is 16.4. The Morgan fingerprint density at radius 2 is 1.89 bits per heavy atom. The molecule has 0 aliphatic rings. The van der Waals surface area contributed by atoms with Crippen LogP contribution in [0.5, 0.6) is 0 Å². The van der Waals surface area contributed by atoms with Crippen molar-refractivity contribution in [2.24, 2.45) is 5.92 Å². The van der Waals surface area contributed by atoms with Crippen molar-refractivity contribution in [3.05, 3.63) is 35.4 Å². The van der Waals surface area contributed by atoms with Gasteiger partial charge < -0.3 is 10.4 Å². The SMILES string of the molecule is Cc1ccccc1CC(=O)N[C@@H](CC(C)C)C(=O)O. The molecule has 1 aromatic carbocycles. The van der Waals surface area contributed by atoms with Gasteiger partial charge in [-0.2, -0.15) is 0 Å². The van der Waals surface area contributed by atoms with E-state index < -0.39 is 12.0 Å². The van der Waals surface area contributed by atoms with Crippen LogP contribution in [-0.4, -0.2) is 23.0 Å². The predicted molar refractivity (Wildman–Crippen MR) is 73.9 cm³/mol. The number of hydrogen-bond acceptors (Lipinski definition) is 2. The summed E-state index contributed by atoms with van der Waals surface area (Å²) in [6.45, 7) is 5.80. The summed E-state index contributed by atoms with van der Waals surface area (Å²) in [7, 11) is 0. The van der Waals surface area contributed by atoms with Gasteiger partial charge >= 0.3 is 5.97 Å². The molecule has 1 amide bonds. The number of carbonyl (C=O) groups is 2. The van der Waals surface area contributed by atoms with Crippen LogP contribution in [0.1, 0.15) is 31.4 Å². The first kappa shape index (κ1) is 15.2. The Bertz CT molecular complexity index is 454. The second-order valence-corrected chi connectivity index (χ2v) is 5.19. The van der Waals surface area contributed by atoms with Gasteiger partial charge in [-0.25, -0.2) is 4.79 Å². The predicted octanol–water partition coefficient (Wildman–Crippen LogP) is 2.15. The summed E-state index contributed by atoms with van der Waals surface area (Å²) >= 11 is 0. The number of amides is 1. The Kier molecular flexibility index (Phi) is 5.55. The highest BCUT2D eigenvalue weighted by molar-refractivity contribution is 5.85. The van der Waals surface area contributed by atoms with Crippen LogP contribution in [0.4, 0.5) is 0 Å². The molecule has 0 fully saturated rings. The first-order chi connectivity index (χ1) is 8.90. The number of nitrogens with one attached hydrogen (secondary N) is 1. The van der Waals surface area contributed by atoms with Gasteiger partial charge in [0.1, 0.15) is 6.04 Å². The minimum atomic E-state index is -0.980. The van der Waals surface area contributed by atoms with E-state index >= 15 is 0 Å². The van der Waals surface area contributed by atoms with Crippen LogP contribution in [-0.2, 0) is 16.0 Å². The Morgan fingerprint density at radius 3 is 2.42 bits per heavy atom. The van der Waals surface area contributed by atoms with Gasteiger partial charge in [-0.3, -0.25) is 4.79 Å². The zero-order valence-electron chi connectivity index (χ0n) is 11.6. The lowest BCUT2D eigenvalue weighted by Gasteiger charge is -2.16. The molecule has 0 bridgehead atoms. The van der Waals surface area contributed by atoms with Crippen molar-refractivity contribution in [2.75, 3.05) is 0 Å². The smallest absolute Gasteiger partial charge is 0.326 e. The molecule has 0 aliphatic carbocycles. The van der Waals surface area contributed by atoms with E-state index in [1.807, 2.05) is 45.0 Å². The number of rotatable bonds is 6. The van der Waals surface area contributed by atoms with Crippen molar-refractivity contribution in [3.8, 4) is 0 Å². The third-order valence-corrected chi connectivity index (χ3v) is 2.95. The van der Waals surface area contributed by atoms with E-state index in [9.17, 15) is 9.59 Å². The maximum atomic E-state index is 11.9. The molecule has 0 radical (unpaired) electrons. The van der Waals surface area contributed by atoms with Crippen LogP contribution in [0.3, 0.4) is 0 Å². The molecule has 0 saturated heterocycles. The van der Waals surface area contributed by atoms with Gasteiger partial charge in [0.15, 0.2) is 0 Å². The Labute approximate surface area is 113 Å². The van der Waals surface area contributed by atoms with Crippen molar-refractivity contribution >= 4 is 11.9 Å². The summed E-state index contributed by atoms with van der Waals surface area (Å²) in [6.07, 6.45) is 0.656. The van der Waals surface area contributed by atoms with Crippen LogP contribution >= 0.6 is 0 Å². The molecule has 1 atom stereocenters. The van der Waals surface area contributed by atoms with Crippen LogP contribution in [0.25, 0.3) is 0 Å². The van der Waals surface area contributed by atoms with E-state index in [0.717, 1.165) is 11.1 Å². The van der Waals surface area contributed by atoms with Crippen molar-refractivity contribution in [1.29, 1.82) is 0 Å². The monoisotopic (exact) mass is 263 g/mol. The fourth-order valence-electron chi connectivity index (χ4n) is 1.92. The lowest BCUT2D eigenvalue weighted by atomic mass is 10.0. The van der Waals surface area contributed by atoms with Gasteiger partial charge in [0, 0.05) is 0 Å². The standard InChI is InChI=1S/C15H21NO3/c1-10(2)8-13(15(18)19)16-14(17)9-12-7-5-4-6-11(12)3/h4-7,10,13H,8-9H2,1-3H3,(H,16,17)(H,18,19)/t13-/m0/s1. The molecule has 1 aromatic rings. The first-order valence-electron chi connectivity index (χ1n) is 6.46. The molecule has 0 unspecified atom stereocenters.